The van der Waals surface area contributed by atoms with E-state index in [1.54, 1.807) is 18.3 Å². The van der Waals surface area contributed by atoms with Crippen LogP contribution in [-0.4, -0.2) is 29.8 Å². The first-order valence-electron chi connectivity index (χ1n) is 6.62. The number of H-pyrrole nitrogens is 1. The number of carbonyl (C=O) groups excluding carboxylic acids is 1. The summed E-state index contributed by atoms with van der Waals surface area (Å²) in [5, 5.41) is 4.10. The highest BCUT2D eigenvalue weighted by Crippen LogP contribution is 2.30. The predicted octanol–water partition coefficient (Wildman–Crippen LogP) is 1.94. The van der Waals surface area contributed by atoms with Crippen LogP contribution in [0.15, 0.2) is 41.6 Å². The molecule has 1 aliphatic heterocycles. The van der Waals surface area contributed by atoms with Crippen LogP contribution in [0, 0.1) is 0 Å². The van der Waals surface area contributed by atoms with Gasteiger partial charge in [-0.25, -0.2) is 5.43 Å². The Hall–Kier alpha value is -2.76. The number of hydrogen-bond donors (Lipinski definition) is 2. The molecule has 0 bridgehead atoms. The Bertz CT molecular complexity index is 677. The molecule has 0 saturated carbocycles. The van der Waals surface area contributed by atoms with Crippen LogP contribution < -0.4 is 14.9 Å². The molecule has 1 aromatic heterocycles. The van der Waals surface area contributed by atoms with Gasteiger partial charge in [-0.3, -0.25) is 4.79 Å². The van der Waals surface area contributed by atoms with E-state index in [1.807, 2.05) is 25.1 Å². The lowest BCUT2D eigenvalue weighted by atomic mass is 10.1. The smallest absolute Gasteiger partial charge is 0.287 e. The largest absolute Gasteiger partial charge is 0.486 e. The van der Waals surface area contributed by atoms with E-state index in [4.69, 9.17) is 9.47 Å². The summed E-state index contributed by atoms with van der Waals surface area (Å²) >= 11 is 0. The zero-order chi connectivity index (χ0) is 14.7. The lowest BCUT2D eigenvalue weighted by molar-refractivity contribution is 0.0950. The molecule has 0 spiro atoms. The summed E-state index contributed by atoms with van der Waals surface area (Å²) in [5.41, 5.74) is 4.53. The molecule has 0 unspecified atom stereocenters. The molecule has 0 aliphatic carbocycles. The Labute approximate surface area is 121 Å². The Kier molecular flexibility index (Phi) is 3.59. The maximum Gasteiger partial charge on any atom is 0.287 e. The minimum atomic E-state index is -0.281. The number of amides is 1. The third-order valence-electron chi connectivity index (χ3n) is 3.13. The fourth-order valence-corrected chi connectivity index (χ4v) is 2.00. The van der Waals surface area contributed by atoms with Gasteiger partial charge >= 0.3 is 0 Å². The zero-order valence-corrected chi connectivity index (χ0v) is 11.6. The molecule has 0 fully saturated rings. The van der Waals surface area contributed by atoms with Crippen LogP contribution in [0.2, 0.25) is 0 Å². The Morgan fingerprint density at radius 1 is 1.24 bits per heavy atom. The van der Waals surface area contributed by atoms with Gasteiger partial charge in [0.2, 0.25) is 0 Å². The van der Waals surface area contributed by atoms with Gasteiger partial charge in [-0.05, 0) is 37.3 Å². The van der Waals surface area contributed by atoms with Gasteiger partial charge in [-0.15, -0.1) is 0 Å². The first-order chi connectivity index (χ1) is 10.2. The van der Waals surface area contributed by atoms with Crippen molar-refractivity contribution in [1.29, 1.82) is 0 Å². The quantitative estimate of drug-likeness (QED) is 0.668. The molecule has 1 aromatic carbocycles. The lowest BCUT2D eigenvalue weighted by Crippen LogP contribution is -2.20. The summed E-state index contributed by atoms with van der Waals surface area (Å²) in [6.45, 7) is 2.92. The van der Waals surface area contributed by atoms with Crippen LogP contribution in [0.4, 0.5) is 0 Å². The molecule has 0 saturated heterocycles. The second kappa shape index (κ2) is 5.70. The second-order valence-corrected chi connectivity index (χ2v) is 4.58. The maximum atomic E-state index is 11.8. The van der Waals surface area contributed by atoms with E-state index in [2.05, 4.69) is 15.5 Å². The van der Waals surface area contributed by atoms with Crippen LogP contribution in [0.5, 0.6) is 11.5 Å². The van der Waals surface area contributed by atoms with Crippen LogP contribution in [0.25, 0.3) is 0 Å². The van der Waals surface area contributed by atoms with Gasteiger partial charge in [0.25, 0.3) is 5.91 Å². The molecule has 2 N–H and O–H groups in total. The van der Waals surface area contributed by atoms with Crippen molar-refractivity contribution >= 4 is 11.6 Å². The molecule has 108 valence electrons. The highest BCUT2D eigenvalue weighted by Gasteiger charge is 2.13. The van der Waals surface area contributed by atoms with Crippen LogP contribution in [0.1, 0.15) is 23.0 Å². The monoisotopic (exact) mass is 285 g/mol. The number of hydrazone groups is 1. The van der Waals surface area contributed by atoms with E-state index in [0.717, 1.165) is 11.3 Å². The lowest BCUT2D eigenvalue weighted by Gasteiger charge is -2.18. The van der Waals surface area contributed by atoms with E-state index >= 15 is 0 Å². The van der Waals surface area contributed by atoms with E-state index < -0.39 is 0 Å². The standard InChI is InChI=1S/C15H15N3O3/c1-10(17-18-15(19)12-3-2-6-16-12)11-4-5-13-14(9-11)21-8-7-20-13/h2-6,9,16H,7-8H2,1H3,(H,18,19)/b17-10-. The third-order valence-corrected chi connectivity index (χ3v) is 3.13. The molecule has 1 aliphatic rings. The number of carbonyl (C=O) groups is 1. The van der Waals surface area contributed by atoms with Gasteiger partial charge in [0.05, 0.1) is 5.71 Å². The van der Waals surface area contributed by atoms with E-state index in [0.29, 0.717) is 30.4 Å². The second-order valence-electron chi connectivity index (χ2n) is 4.58. The highest BCUT2D eigenvalue weighted by molar-refractivity contribution is 6.00. The minimum Gasteiger partial charge on any atom is -0.486 e. The predicted molar refractivity (Wildman–Crippen MR) is 77.9 cm³/mol. The van der Waals surface area contributed by atoms with Crippen molar-refractivity contribution in [3.8, 4) is 11.5 Å². The minimum absolute atomic E-state index is 0.281. The summed E-state index contributed by atoms with van der Waals surface area (Å²) in [6, 6.07) is 9.02. The average molecular weight is 285 g/mol. The Morgan fingerprint density at radius 2 is 2.05 bits per heavy atom. The number of nitrogens with one attached hydrogen (secondary N) is 2. The van der Waals surface area contributed by atoms with Crippen molar-refractivity contribution in [2.75, 3.05) is 13.2 Å². The summed E-state index contributed by atoms with van der Waals surface area (Å²) in [6.07, 6.45) is 1.69. The SMILES string of the molecule is C/C(=N/NC(=O)c1ccc[nH]1)c1ccc2c(c1)OCCO2. The molecule has 0 atom stereocenters. The molecule has 21 heavy (non-hydrogen) atoms. The van der Waals surface area contributed by atoms with Gasteiger partial charge in [0, 0.05) is 11.8 Å². The molecule has 2 aromatic rings. The van der Waals surface area contributed by atoms with Gasteiger partial charge in [0.15, 0.2) is 11.5 Å². The van der Waals surface area contributed by atoms with Crippen molar-refractivity contribution in [3.05, 3.63) is 47.8 Å². The molecule has 3 rings (SSSR count). The molecular formula is C15H15N3O3. The number of nitrogens with zero attached hydrogens (tertiary/aromatic N) is 1. The average Bonchev–Trinajstić information content (AvgIpc) is 3.06. The number of fused-ring (bicyclic) bond motifs is 1. The van der Waals surface area contributed by atoms with Crippen molar-refractivity contribution < 1.29 is 14.3 Å². The van der Waals surface area contributed by atoms with Crippen molar-refractivity contribution in [2.24, 2.45) is 5.10 Å². The summed E-state index contributed by atoms with van der Waals surface area (Å²) in [4.78, 5) is 14.6. The van der Waals surface area contributed by atoms with E-state index in [9.17, 15) is 4.79 Å². The van der Waals surface area contributed by atoms with Crippen molar-refractivity contribution in [3.63, 3.8) is 0 Å². The molecule has 6 heteroatoms. The normalized spacial score (nSPS) is 13.9. The van der Waals surface area contributed by atoms with E-state index in [-0.39, 0.29) is 5.91 Å². The summed E-state index contributed by atoms with van der Waals surface area (Å²) in [5.74, 6) is 1.15. The topological polar surface area (TPSA) is 75.7 Å². The molecule has 0 radical (unpaired) electrons. The van der Waals surface area contributed by atoms with Gasteiger partial charge in [-0.2, -0.15) is 5.10 Å². The number of benzene rings is 1. The first kappa shape index (κ1) is 13.2. The van der Waals surface area contributed by atoms with Crippen LogP contribution in [0.3, 0.4) is 0 Å². The van der Waals surface area contributed by atoms with E-state index in [1.165, 1.54) is 0 Å². The number of aromatic amines is 1. The summed E-state index contributed by atoms with van der Waals surface area (Å²) in [7, 11) is 0. The van der Waals surface area contributed by atoms with Crippen LogP contribution in [-0.2, 0) is 0 Å². The van der Waals surface area contributed by atoms with Crippen molar-refractivity contribution in [2.45, 2.75) is 6.92 Å². The molecular weight excluding hydrogens is 270 g/mol. The number of ether oxygens (including phenoxy) is 2. The van der Waals surface area contributed by atoms with Gasteiger partial charge in [0.1, 0.15) is 18.9 Å². The first-order valence-corrected chi connectivity index (χ1v) is 6.62. The molecule has 1 amide bonds. The number of hydrogen-bond acceptors (Lipinski definition) is 4. The summed E-state index contributed by atoms with van der Waals surface area (Å²) < 4.78 is 11.0. The fraction of sp³-hybridized carbons (Fsp3) is 0.200. The van der Waals surface area contributed by atoms with Crippen molar-refractivity contribution in [1.82, 2.24) is 10.4 Å². The Balaban J connectivity index is 1.74. The zero-order valence-electron chi connectivity index (χ0n) is 11.6. The third kappa shape index (κ3) is 2.89. The fourth-order valence-electron chi connectivity index (χ4n) is 2.00. The Morgan fingerprint density at radius 3 is 2.81 bits per heavy atom. The number of rotatable bonds is 3. The van der Waals surface area contributed by atoms with Gasteiger partial charge < -0.3 is 14.5 Å². The maximum absolute atomic E-state index is 11.8. The van der Waals surface area contributed by atoms with Gasteiger partial charge in [-0.1, -0.05) is 0 Å². The number of aromatic nitrogens is 1. The molecule has 6 nitrogen and oxygen atoms in total. The highest BCUT2D eigenvalue weighted by atomic mass is 16.6. The van der Waals surface area contributed by atoms with Crippen LogP contribution >= 0.6 is 0 Å². The molecule has 2 heterocycles.